The van der Waals surface area contributed by atoms with Crippen molar-refractivity contribution >= 4 is 15.9 Å². The molecule has 0 aliphatic carbocycles. The molecule has 0 saturated heterocycles. The summed E-state index contributed by atoms with van der Waals surface area (Å²) in [5, 5.41) is 3.46. The third kappa shape index (κ3) is 4.04. The van der Waals surface area contributed by atoms with Gasteiger partial charge in [-0.2, -0.15) is 0 Å². The Morgan fingerprint density at radius 3 is 2.58 bits per heavy atom. The molecule has 1 aromatic carbocycles. The fourth-order valence-corrected chi connectivity index (χ4v) is 2.20. The molecule has 2 rings (SSSR count). The molecule has 0 aliphatic heterocycles. The Balaban J connectivity index is 1.95. The van der Waals surface area contributed by atoms with E-state index in [1.165, 1.54) is 5.56 Å². The summed E-state index contributed by atoms with van der Waals surface area (Å²) in [6.45, 7) is 2.88. The lowest BCUT2D eigenvalue weighted by atomic mass is 10.1. The molecule has 19 heavy (non-hydrogen) atoms. The van der Waals surface area contributed by atoms with Gasteiger partial charge in [-0.1, -0.05) is 18.2 Å². The van der Waals surface area contributed by atoms with Crippen LogP contribution in [0.4, 0.5) is 0 Å². The third-order valence-corrected chi connectivity index (χ3v) is 3.42. The second-order valence-corrected chi connectivity index (χ2v) is 5.14. The maximum Gasteiger partial charge on any atom is 0.118 e. The number of hydrogen-bond donors (Lipinski definition) is 1. The highest BCUT2D eigenvalue weighted by molar-refractivity contribution is 9.10. The van der Waals surface area contributed by atoms with Gasteiger partial charge in [0.1, 0.15) is 10.4 Å². The Labute approximate surface area is 122 Å². The fourth-order valence-electron chi connectivity index (χ4n) is 1.82. The third-order valence-electron chi connectivity index (χ3n) is 2.98. The highest BCUT2D eigenvalue weighted by Gasteiger charge is 2.05. The Hall–Kier alpha value is -1.39. The summed E-state index contributed by atoms with van der Waals surface area (Å²) < 4.78 is 6.02. The number of pyridine rings is 1. The summed E-state index contributed by atoms with van der Waals surface area (Å²) in [5.74, 6) is 0.879. The Bertz CT molecular complexity index is 528. The standard InChI is InChI=1S/C15H17BrN2O/c1-11(12-6-8-14(19-2)9-7-12)17-10-13-4-3-5-15(16)18-13/h3-9,11,17H,10H2,1-2H3/t11-/m1/s1. The van der Waals surface area contributed by atoms with Gasteiger partial charge < -0.3 is 10.1 Å². The average Bonchev–Trinajstić information content (AvgIpc) is 2.45. The monoisotopic (exact) mass is 320 g/mol. The number of nitrogens with one attached hydrogen (secondary N) is 1. The minimum atomic E-state index is 0.270. The van der Waals surface area contributed by atoms with Crippen molar-refractivity contribution in [3.05, 3.63) is 58.3 Å². The first-order valence-electron chi connectivity index (χ1n) is 6.18. The number of hydrogen-bond acceptors (Lipinski definition) is 3. The van der Waals surface area contributed by atoms with Gasteiger partial charge in [0.05, 0.1) is 12.8 Å². The van der Waals surface area contributed by atoms with E-state index in [0.29, 0.717) is 0 Å². The van der Waals surface area contributed by atoms with Crippen molar-refractivity contribution in [3.8, 4) is 5.75 Å². The molecule has 1 aromatic heterocycles. The van der Waals surface area contributed by atoms with Crippen molar-refractivity contribution in [2.24, 2.45) is 0 Å². The van der Waals surface area contributed by atoms with Gasteiger partial charge in [-0.3, -0.25) is 0 Å². The second kappa shape index (κ2) is 6.68. The van der Waals surface area contributed by atoms with E-state index in [0.717, 1.165) is 22.6 Å². The molecule has 3 nitrogen and oxygen atoms in total. The van der Waals surface area contributed by atoms with E-state index in [4.69, 9.17) is 4.74 Å². The second-order valence-electron chi connectivity index (χ2n) is 4.33. The van der Waals surface area contributed by atoms with E-state index >= 15 is 0 Å². The fraction of sp³-hybridized carbons (Fsp3) is 0.267. The quantitative estimate of drug-likeness (QED) is 0.853. The predicted octanol–water partition coefficient (Wildman–Crippen LogP) is 3.70. The highest BCUT2D eigenvalue weighted by Crippen LogP contribution is 2.17. The largest absolute Gasteiger partial charge is 0.497 e. The molecule has 1 N–H and O–H groups in total. The average molecular weight is 321 g/mol. The molecule has 1 heterocycles. The Kier molecular flexibility index (Phi) is 4.93. The molecule has 0 aliphatic rings. The van der Waals surface area contributed by atoms with Crippen LogP contribution in [-0.2, 0) is 6.54 Å². The lowest BCUT2D eigenvalue weighted by Crippen LogP contribution is -2.18. The number of methoxy groups -OCH3 is 1. The van der Waals surface area contributed by atoms with Gasteiger partial charge in [-0.15, -0.1) is 0 Å². The van der Waals surface area contributed by atoms with Crippen LogP contribution < -0.4 is 10.1 Å². The van der Waals surface area contributed by atoms with Crippen molar-refractivity contribution < 1.29 is 4.74 Å². The van der Waals surface area contributed by atoms with Crippen LogP contribution in [0.15, 0.2) is 47.1 Å². The topological polar surface area (TPSA) is 34.1 Å². The van der Waals surface area contributed by atoms with Crippen molar-refractivity contribution in [1.29, 1.82) is 0 Å². The van der Waals surface area contributed by atoms with Crippen molar-refractivity contribution in [2.45, 2.75) is 19.5 Å². The normalized spacial score (nSPS) is 12.2. The minimum absolute atomic E-state index is 0.270. The first kappa shape index (κ1) is 14.0. The van der Waals surface area contributed by atoms with Gasteiger partial charge in [0, 0.05) is 12.6 Å². The summed E-state index contributed by atoms with van der Waals surface area (Å²) in [7, 11) is 1.68. The minimum Gasteiger partial charge on any atom is -0.497 e. The van der Waals surface area contributed by atoms with Crippen LogP contribution in [0.1, 0.15) is 24.2 Å². The molecule has 1 atom stereocenters. The molecule has 4 heteroatoms. The predicted molar refractivity (Wildman–Crippen MR) is 80.2 cm³/mol. The molecule has 0 fully saturated rings. The van der Waals surface area contributed by atoms with Crippen LogP contribution in [-0.4, -0.2) is 12.1 Å². The van der Waals surface area contributed by atoms with E-state index in [-0.39, 0.29) is 6.04 Å². The van der Waals surface area contributed by atoms with Crippen molar-refractivity contribution in [2.75, 3.05) is 7.11 Å². The van der Waals surface area contributed by atoms with Crippen LogP contribution in [0.25, 0.3) is 0 Å². The first-order chi connectivity index (χ1) is 9.19. The number of rotatable bonds is 5. The van der Waals surface area contributed by atoms with E-state index < -0.39 is 0 Å². The molecule has 0 spiro atoms. The Morgan fingerprint density at radius 2 is 1.95 bits per heavy atom. The maximum atomic E-state index is 5.16. The molecule has 0 radical (unpaired) electrons. The van der Waals surface area contributed by atoms with E-state index in [1.54, 1.807) is 7.11 Å². The van der Waals surface area contributed by atoms with Crippen LogP contribution >= 0.6 is 15.9 Å². The number of halogens is 1. The summed E-state index contributed by atoms with van der Waals surface area (Å²) in [4.78, 5) is 4.40. The zero-order valence-corrected chi connectivity index (χ0v) is 12.6. The van der Waals surface area contributed by atoms with Gasteiger partial charge in [0.2, 0.25) is 0 Å². The lowest BCUT2D eigenvalue weighted by Gasteiger charge is -2.14. The summed E-state index contributed by atoms with van der Waals surface area (Å²) in [6, 6.07) is 14.3. The van der Waals surface area contributed by atoms with Crippen LogP contribution in [0.5, 0.6) is 5.75 Å². The maximum absolute atomic E-state index is 5.16. The van der Waals surface area contributed by atoms with Crippen molar-refractivity contribution in [1.82, 2.24) is 10.3 Å². The number of benzene rings is 1. The molecule has 0 amide bonds. The highest BCUT2D eigenvalue weighted by atomic mass is 79.9. The number of aromatic nitrogens is 1. The van der Waals surface area contributed by atoms with Crippen molar-refractivity contribution in [3.63, 3.8) is 0 Å². The molecule has 0 bridgehead atoms. The summed E-state index contributed by atoms with van der Waals surface area (Å²) in [5.41, 5.74) is 2.26. The van der Waals surface area contributed by atoms with Gasteiger partial charge in [0.25, 0.3) is 0 Å². The zero-order chi connectivity index (χ0) is 13.7. The molecule has 100 valence electrons. The lowest BCUT2D eigenvalue weighted by molar-refractivity contribution is 0.414. The smallest absolute Gasteiger partial charge is 0.118 e. The van der Waals surface area contributed by atoms with E-state index in [9.17, 15) is 0 Å². The summed E-state index contributed by atoms with van der Waals surface area (Å²) in [6.07, 6.45) is 0. The van der Waals surface area contributed by atoms with Crippen LogP contribution in [0, 0.1) is 0 Å². The molecule has 2 aromatic rings. The van der Waals surface area contributed by atoms with E-state index in [1.807, 2.05) is 30.3 Å². The zero-order valence-electron chi connectivity index (χ0n) is 11.1. The van der Waals surface area contributed by atoms with Gasteiger partial charge in [-0.25, -0.2) is 4.98 Å². The van der Waals surface area contributed by atoms with Crippen LogP contribution in [0.3, 0.4) is 0 Å². The van der Waals surface area contributed by atoms with Crippen LogP contribution in [0.2, 0.25) is 0 Å². The first-order valence-corrected chi connectivity index (χ1v) is 6.97. The van der Waals surface area contributed by atoms with Gasteiger partial charge in [-0.05, 0) is 52.7 Å². The van der Waals surface area contributed by atoms with Gasteiger partial charge in [0.15, 0.2) is 0 Å². The molecule has 0 saturated carbocycles. The molecular weight excluding hydrogens is 304 g/mol. The van der Waals surface area contributed by atoms with Gasteiger partial charge >= 0.3 is 0 Å². The summed E-state index contributed by atoms with van der Waals surface area (Å²) >= 11 is 3.38. The number of nitrogens with zero attached hydrogens (tertiary/aromatic N) is 1. The molecular formula is C15H17BrN2O. The SMILES string of the molecule is COc1ccc([C@@H](C)NCc2cccc(Br)n2)cc1. The number of ether oxygens (including phenoxy) is 1. The van der Waals surface area contributed by atoms with E-state index in [2.05, 4.69) is 45.3 Å². The molecule has 0 unspecified atom stereocenters. The Morgan fingerprint density at radius 1 is 1.21 bits per heavy atom.